The van der Waals surface area contributed by atoms with Crippen LogP contribution in [0, 0.1) is 0 Å². The number of nitrogens with one attached hydrogen (secondary N) is 1. The Morgan fingerprint density at radius 1 is 1.32 bits per heavy atom. The van der Waals surface area contributed by atoms with E-state index < -0.39 is 10.0 Å². The average molecular weight is 281 g/mol. The van der Waals surface area contributed by atoms with Gasteiger partial charge in [0.1, 0.15) is 12.2 Å². The summed E-state index contributed by atoms with van der Waals surface area (Å²) < 4.78 is 27.9. The summed E-state index contributed by atoms with van der Waals surface area (Å²) in [4.78, 5) is 0. The van der Waals surface area contributed by atoms with Crippen LogP contribution in [0.4, 0.5) is 5.69 Å². The maximum absolute atomic E-state index is 11.9. The Morgan fingerprint density at radius 2 is 2.00 bits per heavy atom. The minimum absolute atomic E-state index is 0.0921. The molecule has 2 rings (SSSR count). The van der Waals surface area contributed by atoms with Gasteiger partial charge in [0.05, 0.1) is 12.3 Å². The number of benzene rings is 1. The highest BCUT2D eigenvalue weighted by molar-refractivity contribution is 7.88. The molecule has 1 aromatic carbocycles. The lowest BCUT2D eigenvalue weighted by Gasteiger charge is -2.06. The van der Waals surface area contributed by atoms with Gasteiger partial charge in [-0.2, -0.15) is 0 Å². The number of anilines is 1. The zero-order chi connectivity index (χ0) is 13.9. The second kappa shape index (κ2) is 5.37. The van der Waals surface area contributed by atoms with Crippen molar-refractivity contribution in [1.29, 1.82) is 0 Å². The summed E-state index contributed by atoms with van der Waals surface area (Å²) in [7, 11) is -1.66. The van der Waals surface area contributed by atoms with E-state index in [2.05, 4.69) is 14.9 Å². The number of aromatic nitrogens is 3. The highest BCUT2D eigenvalue weighted by Gasteiger charge is 2.12. The fourth-order valence-corrected chi connectivity index (χ4v) is 2.61. The third kappa shape index (κ3) is 3.76. The normalized spacial score (nSPS) is 11.6. The highest BCUT2D eigenvalue weighted by Crippen LogP contribution is 2.08. The van der Waals surface area contributed by atoms with E-state index in [1.807, 2.05) is 0 Å². The molecule has 0 aliphatic heterocycles. The smallest absolute Gasteiger partial charge is 0.216 e. The molecule has 7 nitrogen and oxygen atoms in total. The molecule has 0 radical (unpaired) electrons. The van der Waals surface area contributed by atoms with Gasteiger partial charge in [-0.25, -0.2) is 13.1 Å². The molecule has 0 atom stereocenters. The second-order valence-electron chi connectivity index (χ2n) is 4.18. The molecule has 3 N–H and O–H groups in total. The van der Waals surface area contributed by atoms with Gasteiger partial charge in [0.15, 0.2) is 0 Å². The number of nitrogen functional groups attached to an aromatic ring is 1. The molecule has 19 heavy (non-hydrogen) atoms. The van der Waals surface area contributed by atoms with E-state index in [1.54, 1.807) is 35.9 Å². The quantitative estimate of drug-likeness (QED) is 0.752. The van der Waals surface area contributed by atoms with Crippen molar-refractivity contribution in [3.63, 3.8) is 0 Å². The summed E-state index contributed by atoms with van der Waals surface area (Å²) in [6, 6.07) is 6.73. The van der Waals surface area contributed by atoms with E-state index in [-0.39, 0.29) is 12.3 Å². The lowest BCUT2D eigenvalue weighted by molar-refractivity contribution is 0.576. The number of hydrogen-bond donors (Lipinski definition) is 2. The Bertz CT molecular complexity index is 648. The van der Waals surface area contributed by atoms with Gasteiger partial charge in [-0.3, -0.25) is 0 Å². The first-order valence-corrected chi connectivity index (χ1v) is 7.26. The van der Waals surface area contributed by atoms with Crippen LogP contribution in [-0.4, -0.2) is 23.2 Å². The Hall–Kier alpha value is -1.93. The van der Waals surface area contributed by atoms with Crippen LogP contribution in [0.15, 0.2) is 30.6 Å². The Kier molecular flexibility index (Phi) is 3.82. The lowest BCUT2D eigenvalue weighted by Crippen LogP contribution is -2.26. The number of rotatable bonds is 5. The summed E-state index contributed by atoms with van der Waals surface area (Å²) in [6.07, 6.45) is 1.52. The molecule has 0 saturated heterocycles. The van der Waals surface area contributed by atoms with Gasteiger partial charge in [0, 0.05) is 12.7 Å². The van der Waals surface area contributed by atoms with E-state index >= 15 is 0 Å². The molecule has 0 amide bonds. The standard InChI is InChI=1S/C11H15N5O2S/c1-16-8-13-15-11(16)6-14-19(17,18)7-9-2-4-10(12)5-3-9/h2-5,8,14H,6-7,12H2,1H3. The fraction of sp³-hybridized carbons (Fsp3) is 0.273. The van der Waals surface area contributed by atoms with Crippen molar-refractivity contribution in [2.24, 2.45) is 7.05 Å². The molecule has 8 heteroatoms. The van der Waals surface area contributed by atoms with E-state index in [4.69, 9.17) is 5.73 Å². The summed E-state index contributed by atoms with van der Waals surface area (Å²) in [6.45, 7) is 0.119. The molecular formula is C11H15N5O2S. The van der Waals surface area contributed by atoms with Gasteiger partial charge < -0.3 is 10.3 Å². The van der Waals surface area contributed by atoms with Crippen LogP contribution in [0.25, 0.3) is 0 Å². The molecule has 0 fully saturated rings. The van der Waals surface area contributed by atoms with Gasteiger partial charge >= 0.3 is 0 Å². The van der Waals surface area contributed by atoms with E-state index in [1.165, 1.54) is 6.33 Å². The second-order valence-corrected chi connectivity index (χ2v) is 5.99. The summed E-state index contributed by atoms with van der Waals surface area (Å²) in [5.41, 5.74) is 6.83. The number of hydrogen-bond acceptors (Lipinski definition) is 5. The van der Waals surface area contributed by atoms with Crippen LogP contribution >= 0.6 is 0 Å². The predicted octanol–water partition coefficient (Wildman–Crippen LogP) is 0.0169. The molecule has 0 aliphatic carbocycles. The third-order valence-electron chi connectivity index (χ3n) is 2.59. The van der Waals surface area contributed by atoms with Crippen molar-refractivity contribution >= 4 is 15.7 Å². The topological polar surface area (TPSA) is 103 Å². The number of nitrogens with zero attached hydrogens (tertiary/aromatic N) is 3. The van der Waals surface area contributed by atoms with Gasteiger partial charge in [0.2, 0.25) is 10.0 Å². The number of sulfonamides is 1. The van der Waals surface area contributed by atoms with E-state index in [9.17, 15) is 8.42 Å². The van der Waals surface area contributed by atoms with Crippen molar-refractivity contribution in [2.75, 3.05) is 5.73 Å². The molecule has 0 unspecified atom stereocenters. The van der Waals surface area contributed by atoms with Crippen LogP contribution < -0.4 is 10.5 Å². The van der Waals surface area contributed by atoms with Gasteiger partial charge in [-0.05, 0) is 17.7 Å². The monoisotopic (exact) mass is 281 g/mol. The third-order valence-corrected chi connectivity index (χ3v) is 3.89. The SMILES string of the molecule is Cn1cnnc1CNS(=O)(=O)Cc1ccc(N)cc1. The first-order valence-electron chi connectivity index (χ1n) is 5.61. The van der Waals surface area contributed by atoms with Gasteiger partial charge in [-0.15, -0.1) is 10.2 Å². The van der Waals surface area contributed by atoms with Crippen LogP contribution in [0.3, 0.4) is 0 Å². The Labute approximate surface area is 111 Å². The number of aryl methyl sites for hydroxylation is 1. The van der Waals surface area contributed by atoms with Gasteiger partial charge in [0.25, 0.3) is 0 Å². The van der Waals surface area contributed by atoms with Crippen LogP contribution in [0.5, 0.6) is 0 Å². The van der Waals surface area contributed by atoms with Crippen molar-refractivity contribution in [2.45, 2.75) is 12.3 Å². The lowest BCUT2D eigenvalue weighted by atomic mass is 10.2. The minimum Gasteiger partial charge on any atom is -0.399 e. The highest BCUT2D eigenvalue weighted by atomic mass is 32.2. The van der Waals surface area contributed by atoms with Crippen LogP contribution in [-0.2, 0) is 29.4 Å². The van der Waals surface area contributed by atoms with Crippen LogP contribution in [0.2, 0.25) is 0 Å². The molecule has 1 heterocycles. The van der Waals surface area contributed by atoms with Gasteiger partial charge in [-0.1, -0.05) is 12.1 Å². The van der Waals surface area contributed by atoms with Crippen molar-refractivity contribution < 1.29 is 8.42 Å². The zero-order valence-corrected chi connectivity index (χ0v) is 11.3. The minimum atomic E-state index is -3.41. The average Bonchev–Trinajstić information content (AvgIpc) is 2.75. The van der Waals surface area contributed by atoms with Crippen molar-refractivity contribution in [3.05, 3.63) is 42.0 Å². The summed E-state index contributed by atoms with van der Waals surface area (Å²) in [5, 5.41) is 7.49. The zero-order valence-electron chi connectivity index (χ0n) is 10.4. The van der Waals surface area contributed by atoms with Crippen molar-refractivity contribution in [1.82, 2.24) is 19.5 Å². The molecule has 1 aromatic heterocycles. The Morgan fingerprint density at radius 3 is 2.58 bits per heavy atom. The van der Waals surface area contributed by atoms with E-state index in [0.717, 1.165) is 0 Å². The largest absolute Gasteiger partial charge is 0.399 e. The molecule has 0 bridgehead atoms. The molecule has 0 aliphatic rings. The number of nitrogens with two attached hydrogens (primary N) is 1. The Balaban J connectivity index is 1.99. The first kappa shape index (κ1) is 13.5. The molecule has 0 saturated carbocycles. The summed E-state index contributed by atoms with van der Waals surface area (Å²) in [5.74, 6) is 0.464. The summed E-state index contributed by atoms with van der Waals surface area (Å²) >= 11 is 0. The molecular weight excluding hydrogens is 266 g/mol. The fourth-order valence-electron chi connectivity index (χ4n) is 1.53. The van der Waals surface area contributed by atoms with Crippen LogP contribution in [0.1, 0.15) is 11.4 Å². The molecule has 2 aromatic rings. The van der Waals surface area contributed by atoms with Crippen molar-refractivity contribution in [3.8, 4) is 0 Å². The molecule has 102 valence electrons. The first-order chi connectivity index (χ1) is 8.96. The van der Waals surface area contributed by atoms with E-state index in [0.29, 0.717) is 17.1 Å². The molecule has 0 spiro atoms. The maximum Gasteiger partial charge on any atom is 0.216 e. The predicted molar refractivity (Wildman–Crippen MR) is 71.3 cm³/mol. The maximum atomic E-state index is 11.9.